The van der Waals surface area contributed by atoms with Gasteiger partial charge in [0.2, 0.25) is 5.91 Å². The largest absolute Gasteiger partial charge is 0.755 e. The number of carbonyl (C=O) groups is 2. The molecule has 0 aliphatic carbocycles. The first-order valence-corrected chi connectivity index (χ1v) is 14.3. The third-order valence-corrected chi connectivity index (χ3v) is 9.14. The molecule has 1 amide bonds. The Labute approximate surface area is 241 Å². The first kappa shape index (κ1) is 29.8. The number of aliphatic carboxylic acids is 1. The molecule has 1 unspecified atom stereocenters. The SMILES string of the molecule is Nc1nccc2cc(C[C@H](C(=O)O)N3CC[C@H](N(c4cnc(N5CCC(F)(F)C5)s4)S(=O)[O-])C3=O)c(C(F)(F)F)cc12. The number of pyridine rings is 1. The monoisotopic (exact) mass is 633 g/mol. The molecule has 2 saturated heterocycles. The van der Waals surface area contributed by atoms with Crippen LogP contribution in [0.1, 0.15) is 24.0 Å². The Bertz CT molecular complexity index is 1570. The van der Waals surface area contributed by atoms with Crippen LogP contribution in [0.3, 0.4) is 0 Å². The smallest absolute Gasteiger partial charge is 0.416 e. The highest BCUT2D eigenvalue weighted by molar-refractivity contribution is 7.81. The molecular formula is C24H22F5N6O5S2-. The van der Waals surface area contributed by atoms with Crippen molar-refractivity contribution in [1.29, 1.82) is 0 Å². The molecule has 2 fully saturated rings. The van der Waals surface area contributed by atoms with Gasteiger partial charge in [-0.3, -0.25) is 13.3 Å². The average molecular weight is 634 g/mol. The highest BCUT2D eigenvalue weighted by Gasteiger charge is 2.45. The van der Waals surface area contributed by atoms with E-state index in [0.29, 0.717) is 4.31 Å². The number of nitrogens with zero attached hydrogens (tertiary/aromatic N) is 5. The Kier molecular flexibility index (Phi) is 7.73. The number of carboxylic acid groups (broad SMARTS) is 1. The number of carbonyl (C=O) groups excluding carboxylic acids is 1. The molecule has 226 valence electrons. The maximum atomic E-state index is 14.0. The topological polar surface area (TPSA) is 156 Å². The van der Waals surface area contributed by atoms with Gasteiger partial charge in [0.05, 0.1) is 18.3 Å². The quantitative estimate of drug-likeness (QED) is 0.281. The maximum Gasteiger partial charge on any atom is 0.416 e. The van der Waals surface area contributed by atoms with Crippen molar-refractivity contribution in [3.8, 4) is 0 Å². The summed E-state index contributed by atoms with van der Waals surface area (Å²) in [5.74, 6) is -5.60. The van der Waals surface area contributed by atoms with Gasteiger partial charge in [-0.05, 0) is 29.5 Å². The Balaban J connectivity index is 1.42. The third kappa shape index (κ3) is 5.69. The minimum absolute atomic E-state index is 0.00532. The fraction of sp³-hybridized carbons (Fsp3) is 0.417. The standard InChI is InChI=1S/C24H23F5N6O5S2/c25-23(26)3-6-33(11-23)22-32-10-18(41-22)35(42(39)40)16-2-5-34(20(16)36)17(21(37)38)8-13-7-12-1-4-31-19(30)14(12)9-15(13)24(27,28)29/h1,4,7,9-10,16-17H,2-3,5-6,8,11H2,(H2,30,31)(H,37,38)(H,39,40)/p-1/t16-,17+/m0/s1. The number of amides is 1. The molecule has 3 aromatic rings. The summed E-state index contributed by atoms with van der Waals surface area (Å²) in [6.45, 7) is -0.868. The molecule has 0 saturated carbocycles. The second kappa shape index (κ2) is 10.9. The van der Waals surface area contributed by atoms with Crippen LogP contribution >= 0.6 is 11.3 Å². The van der Waals surface area contributed by atoms with E-state index in [9.17, 15) is 45.4 Å². The Morgan fingerprint density at radius 2 is 2.05 bits per heavy atom. The van der Waals surface area contributed by atoms with Gasteiger partial charge in [-0.2, -0.15) is 13.2 Å². The van der Waals surface area contributed by atoms with Crippen LogP contribution in [0.15, 0.2) is 30.6 Å². The van der Waals surface area contributed by atoms with Gasteiger partial charge in [0, 0.05) is 48.8 Å². The molecule has 3 atom stereocenters. The molecule has 4 heterocycles. The number of benzene rings is 1. The summed E-state index contributed by atoms with van der Waals surface area (Å²) in [5.41, 5.74) is 4.19. The maximum absolute atomic E-state index is 14.0. The van der Waals surface area contributed by atoms with E-state index >= 15 is 0 Å². The molecule has 3 N–H and O–H groups in total. The Morgan fingerprint density at radius 3 is 2.67 bits per heavy atom. The molecule has 42 heavy (non-hydrogen) atoms. The van der Waals surface area contributed by atoms with Crippen molar-refractivity contribution >= 4 is 61.2 Å². The van der Waals surface area contributed by atoms with Gasteiger partial charge in [0.25, 0.3) is 5.92 Å². The van der Waals surface area contributed by atoms with Crippen molar-refractivity contribution in [3.05, 3.63) is 41.7 Å². The normalized spacial score (nSPS) is 20.3. The lowest BCUT2D eigenvalue weighted by Crippen LogP contribution is -2.48. The molecule has 0 spiro atoms. The number of anilines is 3. The summed E-state index contributed by atoms with van der Waals surface area (Å²) >= 11 is -2.28. The lowest BCUT2D eigenvalue weighted by Gasteiger charge is -2.31. The Hall–Kier alpha value is -3.64. The minimum atomic E-state index is -4.88. The van der Waals surface area contributed by atoms with Crippen molar-refractivity contribution in [2.75, 3.05) is 34.6 Å². The van der Waals surface area contributed by atoms with Gasteiger partial charge in [-0.15, -0.1) is 0 Å². The first-order valence-electron chi connectivity index (χ1n) is 12.4. The highest BCUT2D eigenvalue weighted by atomic mass is 32.2. The molecule has 0 bridgehead atoms. The van der Waals surface area contributed by atoms with Gasteiger partial charge < -0.3 is 25.2 Å². The fourth-order valence-electron chi connectivity index (χ4n) is 5.21. The zero-order chi connectivity index (χ0) is 30.6. The predicted molar refractivity (Wildman–Crippen MR) is 142 cm³/mol. The summed E-state index contributed by atoms with van der Waals surface area (Å²) in [4.78, 5) is 35.6. The number of hydrogen-bond acceptors (Lipinski definition) is 9. The highest BCUT2D eigenvalue weighted by Crippen LogP contribution is 2.39. The zero-order valence-electron chi connectivity index (χ0n) is 21.4. The van der Waals surface area contributed by atoms with E-state index in [1.54, 1.807) is 0 Å². The summed E-state index contributed by atoms with van der Waals surface area (Å²) in [7, 11) is 0. The van der Waals surface area contributed by atoms with Gasteiger partial charge in [0.15, 0.2) is 5.13 Å². The van der Waals surface area contributed by atoms with E-state index < -0.39 is 77.8 Å². The Morgan fingerprint density at radius 1 is 1.31 bits per heavy atom. The number of halogens is 5. The van der Waals surface area contributed by atoms with Gasteiger partial charge in [-0.25, -0.2) is 23.5 Å². The molecular weight excluding hydrogens is 611 g/mol. The van der Waals surface area contributed by atoms with E-state index in [0.717, 1.165) is 34.6 Å². The third-order valence-electron chi connectivity index (χ3n) is 7.19. The van der Waals surface area contributed by atoms with Crippen LogP contribution in [0.25, 0.3) is 10.8 Å². The van der Waals surface area contributed by atoms with Crippen molar-refractivity contribution in [3.63, 3.8) is 0 Å². The van der Waals surface area contributed by atoms with Gasteiger partial charge >= 0.3 is 12.1 Å². The predicted octanol–water partition coefficient (Wildman–Crippen LogP) is 3.04. The van der Waals surface area contributed by atoms with Gasteiger partial charge in [-0.1, -0.05) is 17.4 Å². The number of hydrogen-bond donors (Lipinski definition) is 2. The van der Waals surface area contributed by atoms with E-state index in [1.807, 2.05) is 0 Å². The van der Waals surface area contributed by atoms with Crippen LogP contribution in [0.2, 0.25) is 0 Å². The molecule has 1 aromatic carbocycles. The van der Waals surface area contributed by atoms with Crippen LogP contribution in [-0.2, 0) is 33.5 Å². The molecule has 2 aliphatic heterocycles. The second-order valence-electron chi connectivity index (χ2n) is 9.87. The number of rotatable bonds is 8. The average Bonchev–Trinajstić information content (AvgIpc) is 3.61. The number of likely N-dealkylation sites (tertiary alicyclic amines) is 1. The summed E-state index contributed by atoms with van der Waals surface area (Å²) in [6, 6.07) is 0.162. The van der Waals surface area contributed by atoms with Crippen LogP contribution in [0.5, 0.6) is 0 Å². The van der Waals surface area contributed by atoms with Crippen LogP contribution in [0.4, 0.5) is 37.9 Å². The summed E-state index contributed by atoms with van der Waals surface area (Å²) in [5, 5.41) is 10.3. The molecule has 2 aliphatic rings. The molecule has 11 nitrogen and oxygen atoms in total. The number of nitrogens with two attached hydrogens (primary N) is 1. The van der Waals surface area contributed by atoms with E-state index in [-0.39, 0.29) is 46.2 Å². The van der Waals surface area contributed by atoms with Crippen molar-refractivity contribution < 1.29 is 45.4 Å². The molecule has 5 rings (SSSR count). The number of alkyl halides is 5. The minimum Gasteiger partial charge on any atom is -0.755 e. The van der Waals surface area contributed by atoms with Crippen molar-refractivity contribution in [1.82, 2.24) is 14.9 Å². The van der Waals surface area contributed by atoms with Crippen molar-refractivity contribution in [2.45, 2.75) is 43.4 Å². The molecule has 0 radical (unpaired) electrons. The summed E-state index contributed by atoms with van der Waals surface area (Å²) in [6.07, 6.45) is -3.78. The van der Waals surface area contributed by atoms with Crippen molar-refractivity contribution in [2.24, 2.45) is 0 Å². The number of carboxylic acids is 1. The zero-order valence-corrected chi connectivity index (χ0v) is 23.0. The summed E-state index contributed by atoms with van der Waals surface area (Å²) < 4.78 is 94.4. The first-order chi connectivity index (χ1) is 19.7. The van der Waals surface area contributed by atoms with Crippen LogP contribution in [-0.4, -0.2) is 78.3 Å². The number of aromatic nitrogens is 2. The molecule has 2 aromatic heterocycles. The lowest BCUT2D eigenvalue weighted by atomic mass is 9.95. The van der Waals surface area contributed by atoms with Gasteiger partial charge in [0.1, 0.15) is 22.9 Å². The number of nitrogen functional groups attached to an aromatic ring is 1. The van der Waals surface area contributed by atoms with E-state index in [2.05, 4.69) is 9.97 Å². The van der Waals surface area contributed by atoms with Crippen LogP contribution in [0, 0.1) is 0 Å². The van der Waals surface area contributed by atoms with Crippen LogP contribution < -0.4 is 14.9 Å². The lowest BCUT2D eigenvalue weighted by molar-refractivity contribution is -0.149. The number of thiazole rings is 1. The van der Waals surface area contributed by atoms with E-state index in [4.69, 9.17) is 5.73 Å². The molecule has 18 heteroatoms. The number of fused-ring (bicyclic) bond motifs is 1. The fourth-order valence-corrected chi connectivity index (χ4v) is 7.00. The van der Waals surface area contributed by atoms with E-state index in [1.165, 1.54) is 17.2 Å². The second-order valence-corrected chi connectivity index (χ2v) is 11.7.